The third-order valence-electron chi connectivity index (χ3n) is 2.71. The van der Waals surface area contributed by atoms with Crippen molar-refractivity contribution in [2.45, 2.75) is 25.4 Å². The van der Waals surface area contributed by atoms with Crippen molar-refractivity contribution in [3.63, 3.8) is 0 Å². The average molecular weight is 291 g/mol. The molecule has 1 saturated heterocycles. The van der Waals surface area contributed by atoms with Crippen molar-refractivity contribution in [2.75, 3.05) is 0 Å². The van der Waals surface area contributed by atoms with Crippen LogP contribution >= 0.6 is 12.4 Å². The zero-order valence-corrected chi connectivity index (χ0v) is 10.7. The zero-order chi connectivity index (χ0) is 13.1. The summed E-state index contributed by atoms with van der Waals surface area (Å²) in [5.74, 6) is -2.01. The van der Waals surface area contributed by atoms with E-state index in [4.69, 9.17) is 0 Å². The SMILES string of the molecule is Cl.O=C1CCC(NCc2cc(F)cc(F)c2)C(=O)N1. The van der Waals surface area contributed by atoms with Crippen LogP contribution < -0.4 is 10.6 Å². The van der Waals surface area contributed by atoms with Crippen molar-refractivity contribution in [1.82, 2.24) is 10.6 Å². The van der Waals surface area contributed by atoms with Gasteiger partial charge in [-0.05, 0) is 24.1 Å². The average Bonchev–Trinajstić information content (AvgIpc) is 2.26. The molecule has 0 aromatic heterocycles. The molecule has 0 radical (unpaired) electrons. The highest BCUT2D eigenvalue weighted by Crippen LogP contribution is 2.10. The second kappa shape index (κ2) is 6.58. The van der Waals surface area contributed by atoms with Gasteiger partial charge >= 0.3 is 0 Å². The Hall–Kier alpha value is -1.53. The van der Waals surface area contributed by atoms with E-state index in [1.165, 1.54) is 12.1 Å². The minimum absolute atomic E-state index is 0. The number of nitrogens with one attached hydrogen (secondary N) is 2. The summed E-state index contributed by atoms with van der Waals surface area (Å²) >= 11 is 0. The van der Waals surface area contributed by atoms with Gasteiger partial charge in [0.2, 0.25) is 11.8 Å². The second-order valence-electron chi connectivity index (χ2n) is 4.16. The van der Waals surface area contributed by atoms with Gasteiger partial charge in [-0.15, -0.1) is 12.4 Å². The van der Waals surface area contributed by atoms with Crippen molar-refractivity contribution in [3.05, 3.63) is 35.4 Å². The molecule has 19 heavy (non-hydrogen) atoms. The van der Waals surface area contributed by atoms with Crippen LogP contribution in [0.2, 0.25) is 0 Å². The predicted molar refractivity (Wildman–Crippen MR) is 66.6 cm³/mol. The molecule has 1 unspecified atom stereocenters. The van der Waals surface area contributed by atoms with E-state index in [0.717, 1.165) is 6.07 Å². The maximum atomic E-state index is 12.9. The predicted octanol–water partition coefficient (Wildman–Crippen LogP) is 1.28. The lowest BCUT2D eigenvalue weighted by Crippen LogP contribution is -2.50. The van der Waals surface area contributed by atoms with E-state index in [2.05, 4.69) is 10.6 Å². The quantitative estimate of drug-likeness (QED) is 0.825. The van der Waals surface area contributed by atoms with Gasteiger partial charge in [-0.2, -0.15) is 0 Å². The van der Waals surface area contributed by atoms with Crippen molar-refractivity contribution >= 4 is 24.2 Å². The van der Waals surface area contributed by atoms with Crippen molar-refractivity contribution in [2.24, 2.45) is 0 Å². The van der Waals surface area contributed by atoms with E-state index in [0.29, 0.717) is 12.0 Å². The fourth-order valence-corrected chi connectivity index (χ4v) is 1.84. The van der Waals surface area contributed by atoms with Crippen LogP contribution in [0.4, 0.5) is 8.78 Å². The monoisotopic (exact) mass is 290 g/mol. The van der Waals surface area contributed by atoms with Gasteiger partial charge in [0, 0.05) is 19.0 Å². The van der Waals surface area contributed by atoms with Crippen LogP contribution in [-0.4, -0.2) is 17.9 Å². The Balaban J connectivity index is 0.00000180. The number of hydrogen-bond donors (Lipinski definition) is 2. The van der Waals surface area contributed by atoms with E-state index < -0.39 is 23.6 Å². The van der Waals surface area contributed by atoms with E-state index in [1.807, 2.05) is 0 Å². The van der Waals surface area contributed by atoms with Crippen molar-refractivity contribution in [1.29, 1.82) is 0 Å². The Labute approximate surface area is 115 Å². The molecule has 1 aromatic carbocycles. The molecule has 1 aromatic rings. The van der Waals surface area contributed by atoms with Crippen LogP contribution in [0.1, 0.15) is 18.4 Å². The molecule has 1 atom stereocenters. The standard InChI is InChI=1S/C12H12F2N2O2.ClH/c13-8-3-7(4-9(14)5-8)6-15-10-1-2-11(17)16-12(10)18;/h3-5,10,15H,1-2,6H2,(H,16,17,18);1H. The van der Waals surface area contributed by atoms with E-state index >= 15 is 0 Å². The first-order valence-corrected chi connectivity index (χ1v) is 5.56. The number of halogens is 3. The van der Waals surface area contributed by atoms with Gasteiger partial charge in [-0.3, -0.25) is 14.9 Å². The molecule has 0 bridgehead atoms. The number of piperidine rings is 1. The molecule has 0 aliphatic carbocycles. The maximum Gasteiger partial charge on any atom is 0.243 e. The number of imide groups is 1. The fourth-order valence-electron chi connectivity index (χ4n) is 1.84. The number of carbonyl (C=O) groups excluding carboxylic acids is 2. The summed E-state index contributed by atoms with van der Waals surface area (Å²) < 4.78 is 25.9. The Morgan fingerprint density at radius 3 is 2.42 bits per heavy atom. The van der Waals surface area contributed by atoms with Crippen LogP contribution in [0, 0.1) is 11.6 Å². The molecule has 1 aliphatic rings. The normalized spacial score (nSPS) is 18.7. The van der Waals surface area contributed by atoms with Crippen LogP contribution in [-0.2, 0) is 16.1 Å². The molecular formula is C12H13ClF2N2O2. The Kier molecular flexibility index (Phi) is 5.38. The highest BCUT2D eigenvalue weighted by atomic mass is 35.5. The van der Waals surface area contributed by atoms with Gasteiger partial charge in [0.25, 0.3) is 0 Å². The van der Waals surface area contributed by atoms with Gasteiger partial charge < -0.3 is 5.32 Å². The summed E-state index contributed by atoms with van der Waals surface area (Å²) in [6.45, 7) is 0.168. The summed E-state index contributed by atoms with van der Waals surface area (Å²) in [6, 6.07) is 2.67. The van der Waals surface area contributed by atoms with Gasteiger partial charge in [0.05, 0.1) is 6.04 Å². The Morgan fingerprint density at radius 1 is 1.21 bits per heavy atom. The third kappa shape index (κ3) is 4.25. The van der Waals surface area contributed by atoms with E-state index in [-0.39, 0.29) is 31.3 Å². The Morgan fingerprint density at radius 2 is 1.84 bits per heavy atom. The largest absolute Gasteiger partial charge is 0.302 e. The third-order valence-corrected chi connectivity index (χ3v) is 2.71. The van der Waals surface area contributed by atoms with E-state index in [1.54, 1.807) is 0 Å². The fraction of sp³-hybridized carbons (Fsp3) is 0.333. The van der Waals surface area contributed by atoms with Gasteiger partial charge in [0.15, 0.2) is 0 Å². The summed E-state index contributed by atoms with van der Waals surface area (Å²) in [5.41, 5.74) is 0.414. The van der Waals surface area contributed by atoms with E-state index in [9.17, 15) is 18.4 Å². The molecule has 0 saturated carbocycles. The molecule has 2 amide bonds. The van der Waals surface area contributed by atoms with Crippen LogP contribution in [0.25, 0.3) is 0 Å². The van der Waals surface area contributed by atoms with Gasteiger partial charge in [0.1, 0.15) is 11.6 Å². The molecule has 1 fully saturated rings. The first kappa shape index (κ1) is 15.5. The molecule has 2 N–H and O–H groups in total. The molecule has 104 valence electrons. The number of hydrogen-bond acceptors (Lipinski definition) is 3. The van der Waals surface area contributed by atoms with Crippen LogP contribution in [0.15, 0.2) is 18.2 Å². The van der Waals surface area contributed by atoms with Crippen LogP contribution in [0.3, 0.4) is 0 Å². The lowest BCUT2D eigenvalue weighted by Gasteiger charge is -2.21. The molecular weight excluding hydrogens is 278 g/mol. The number of rotatable bonds is 3. The molecule has 1 aliphatic heterocycles. The first-order chi connectivity index (χ1) is 8.54. The highest BCUT2D eigenvalue weighted by Gasteiger charge is 2.25. The van der Waals surface area contributed by atoms with Crippen LogP contribution in [0.5, 0.6) is 0 Å². The second-order valence-corrected chi connectivity index (χ2v) is 4.16. The number of benzene rings is 1. The number of amides is 2. The molecule has 7 heteroatoms. The van der Waals surface area contributed by atoms with Gasteiger partial charge in [-0.25, -0.2) is 8.78 Å². The summed E-state index contributed by atoms with van der Waals surface area (Å²) in [4.78, 5) is 22.3. The lowest BCUT2D eigenvalue weighted by molar-refractivity contribution is -0.134. The smallest absolute Gasteiger partial charge is 0.243 e. The lowest BCUT2D eigenvalue weighted by atomic mass is 10.1. The molecule has 4 nitrogen and oxygen atoms in total. The van der Waals surface area contributed by atoms with Crippen molar-refractivity contribution < 1.29 is 18.4 Å². The minimum atomic E-state index is -0.657. The number of carbonyl (C=O) groups is 2. The maximum absolute atomic E-state index is 12.9. The van der Waals surface area contributed by atoms with Crippen molar-refractivity contribution in [3.8, 4) is 0 Å². The molecule has 1 heterocycles. The molecule has 0 spiro atoms. The first-order valence-electron chi connectivity index (χ1n) is 5.56. The summed E-state index contributed by atoms with van der Waals surface area (Å²) in [6.07, 6.45) is 0.656. The molecule has 2 rings (SSSR count). The van der Waals surface area contributed by atoms with Gasteiger partial charge in [-0.1, -0.05) is 0 Å². The topological polar surface area (TPSA) is 58.2 Å². The Bertz CT molecular complexity index is 476. The zero-order valence-electron chi connectivity index (χ0n) is 9.91. The highest BCUT2D eigenvalue weighted by molar-refractivity contribution is 6.00. The summed E-state index contributed by atoms with van der Waals surface area (Å²) in [5, 5.41) is 5.06. The summed E-state index contributed by atoms with van der Waals surface area (Å²) in [7, 11) is 0. The minimum Gasteiger partial charge on any atom is -0.302 e.